The van der Waals surface area contributed by atoms with Crippen molar-refractivity contribution in [3.05, 3.63) is 23.3 Å². The number of hydrogen-bond acceptors (Lipinski definition) is 10. The average Bonchev–Trinajstić information content (AvgIpc) is 3.22. The summed E-state index contributed by atoms with van der Waals surface area (Å²) in [6, 6.07) is 2.16. The molecule has 3 aromatic rings. The molecule has 11 nitrogen and oxygen atoms in total. The van der Waals surface area contributed by atoms with Gasteiger partial charge in [0.15, 0.2) is 5.82 Å². The Morgan fingerprint density at radius 2 is 1.81 bits per heavy atom. The van der Waals surface area contributed by atoms with Gasteiger partial charge < -0.3 is 25.4 Å². The predicted molar refractivity (Wildman–Crippen MR) is 121 cm³/mol. The van der Waals surface area contributed by atoms with Crippen molar-refractivity contribution >= 4 is 39.4 Å². The summed E-state index contributed by atoms with van der Waals surface area (Å²) in [5.74, 6) is 1.68. The van der Waals surface area contributed by atoms with E-state index in [2.05, 4.69) is 25.8 Å². The quantitative estimate of drug-likeness (QED) is 0.593. The number of ether oxygens (including phenoxy) is 1. The Kier molecular flexibility index (Phi) is 5.72. The molecule has 0 unspecified atom stereocenters. The van der Waals surface area contributed by atoms with Crippen LogP contribution in [0, 0.1) is 0 Å². The third kappa shape index (κ3) is 4.29. The van der Waals surface area contributed by atoms with Crippen LogP contribution in [0.2, 0.25) is 0 Å². The molecule has 3 N–H and O–H groups in total. The van der Waals surface area contributed by atoms with Gasteiger partial charge in [0.2, 0.25) is 5.95 Å². The molecule has 2 aliphatic rings. The topological polar surface area (TPSA) is 134 Å². The second kappa shape index (κ2) is 8.81. The van der Waals surface area contributed by atoms with Gasteiger partial charge in [0.05, 0.1) is 24.2 Å². The van der Waals surface area contributed by atoms with Crippen molar-refractivity contribution in [1.29, 1.82) is 0 Å². The lowest BCUT2D eigenvalue weighted by Crippen LogP contribution is -2.47. The van der Waals surface area contributed by atoms with E-state index in [0.717, 1.165) is 54.3 Å². The largest absolute Gasteiger partial charge is 0.465 e. The lowest BCUT2D eigenvalue weighted by Gasteiger charge is -2.32. The first-order valence-corrected chi connectivity index (χ1v) is 11.3. The van der Waals surface area contributed by atoms with Gasteiger partial charge in [0.25, 0.3) is 0 Å². The first-order valence-electron chi connectivity index (χ1n) is 10.5. The third-order valence-electron chi connectivity index (χ3n) is 5.69. The molecule has 168 valence electrons. The van der Waals surface area contributed by atoms with Gasteiger partial charge in [-0.2, -0.15) is 0 Å². The van der Waals surface area contributed by atoms with Crippen LogP contribution < -0.4 is 10.6 Å². The summed E-state index contributed by atoms with van der Waals surface area (Å²) in [6.45, 7) is 6.12. The number of carbonyl (C=O) groups is 1. The standard InChI is InChI=1S/C20H24N8O3S/c21-19-22-10-13(11-23-19)16-24-17(27-5-7-31-8-6-27)15-9-14(32-18(15)25-16)12-26-1-3-28(4-2-26)20(29)30/h9-11H,1-8,12H2,(H,29,30)(H2,21,22,23). The molecule has 2 fully saturated rings. The highest BCUT2D eigenvalue weighted by Gasteiger charge is 2.23. The number of morpholine rings is 1. The molecule has 0 saturated carbocycles. The van der Waals surface area contributed by atoms with Crippen molar-refractivity contribution in [2.45, 2.75) is 6.54 Å². The number of nitrogens with zero attached hydrogens (tertiary/aromatic N) is 7. The van der Waals surface area contributed by atoms with Crippen LogP contribution in [0.3, 0.4) is 0 Å². The minimum Gasteiger partial charge on any atom is -0.465 e. The molecule has 2 saturated heterocycles. The zero-order valence-corrected chi connectivity index (χ0v) is 18.3. The maximum absolute atomic E-state index is 11.2. The smallest absolute Gasteiger partial charge is 0.407 e. The number of thiophene rings is 1. The summed E-state index contributed by atoms with van der Waals surface area (Å²) in [5.41, 5.74) is 6.35. The summed E-state index contributed by atoms with van der Waals surface area (Å²) in [6.07, 6.45) is 2.43. The Morgan fingerprint density at radius 1 is 1.09 bits per heavy atom. The van der Waals surface area contributed by atoms with Crippen LogP contribution >= 0.6 is 11.3 Å². The van der Waals surface area contributed by atoms with E-state index >= 15 is 0 Å². The van der Waals surface area contributed by atoms with Gasteiger partial charge in [-0.25, -0.2) is 24.7 Å². The number of nitrogen functional groups attached to an aromatic ring is 1. The number of aromatic nitrogens is 4. The van der Waals surface area contributed by atoms with Crippen LogP contribution in [0.5, 0.6) is 0 Å². The highest BCUT2D eigenvalue weighted by molar-refractivity contribution is 7.18. The fraction of sp³-hybridized carbons (Fsp3) is 0.450. The van der Waals surface area contributed by atoms with E-state index in [0.29, 0.717) is 32.1 Å². The summed E-state index contributed by atoms with van der Waals surface area (Å²) < 4.78 is 5.52. The molecular weight excluding hydrogens is 432 g/mol. The maximum Gasteiger partial charge on any atom is 0.407 e. The molecule has 0 aliphatic carbocycles. The van der Waals surface area contributed by atoms with E-state index in [4.69, 9.17) is 25.5 Å². The van der Waals surface area contributed by atoms with Crippen molar-refractivity contribution < 1.29 is 14.6 Å². The van der Waals surface area contributed by atoms with Gasteiger partial charge >= 0.3 is 6.09 Å². The zero-order valence-electron chi connectivity index (χ0n) is 17.5. The molecule has 1 amide bonds. The van der Waals surface area contributed by atoms with Gasteiger partial charge in [-0.15, -0.1) is 11.3 Å². The molecular formula is C20H24N8O3S. The fourth-order valence-corrected chi connectivity index (χ4v) is 5.02. The Hall–Kier alpha value is -3.09. The highest BCUT2D eigenvalue weighted by Crippen LogP contribution is 2.34. The summed E-state index contributed by atoms with van der Waals surface area (Å²) in [5, 5.41) is 10.2. The Morgan fingerprint density at radius 3 is 2.50 bits per heavy atom. The van der Waals surface area contributed by atoms with E-state index in [9.17, 15) is 4.79 Å². The molecule has 12 heteroatoms. The van der Waals surface area contributed by atoms with Gasteiger partial charge in [0, 0.05) is 63.1 Å². The molecule has 2 aliphatic heterocycles. The van der Waals surface area contributed by atoms with Gasteiger partial charge in [-0.3, -0.25) is 4.90 Å². The fourth-order valence-electron chi connectivity index (χ4n) is 3.95. The van der Waals surface area contributed by atoms with Crippen molar-refractivity contribution in [2.24, 2.45) is 0 Å². The van der Waals surface area contributed by atoms with Crippen molar-refractivity contribution in [1.82, 2.24) is 29.7 Å². The normalized spacial score (nSPS) is 17.8. The average molecular weight is 457 g/mol. The monoisotopic (exact) mass is 456 g/mol. The van der Waals surface area contributed by atoms with Crippen LogP contribution in [0.25, 0.3) is 21.6 Å². The molecule has 32 heavy (non-hydrogen) atoms. The second-order valence-electron chi connectivity index (χ2n) is 7.78. The number of piperazine rings is 1. The number of amides is 1. The summed E-state index contributed by atoms with van der Waals surface area (Å²) in [7, 11) is 0. The predicted octanol–water partition coefficient (Wildman–Crippen LogP) is 1.36. The van der Waals surface area contributed by atoms with Crippen LogP contribution in [0.4, 0.5) is 16.6 Å². The van der Waals surface area contributed by atoms with Gasteiger partial charge in [0.1, 0.15) is 10.6 Å². The zero-order chi connectivity index (χ0) is 22.1. The number of rotatable bonds is 4. The molecule has 0 aromatic carbocycles. The van der Waals surface area contributed by atoms with E-state index < -0.39 is 6.09 Å². The van der Waals surface area contributed by atoms with Crippen molar-refractivity contribution in [3.8, 4) is 11.4 Å². The number of fused-ring (bicyclic) bond motifs is 1. The summed E-state index contributed by atoms with van der Waals surface area (Å²) in [4.78, 5) is 37.1. The van der Waals surface area contributed by atoms with Crippen LogP contribution in [-0.4, -0.2) is 93.4 Å². The molecule has 0 bridgehead atoms. The van der Waals surface area contributed by atoms with E-state index in [1.165, 1.54) is 9.78 Å². The van der Waals surface area contributed by atoms with Crippen LogP contribution in [0.1, 0.15) is 4.88 Å². The molecule has 0 atom stereocenters. The number of anilines is 2. The molecule has 3 aromatic heterocycles. The first kappa shape index (κ1) is 20.8. The van der Waals surface area contributed by atoms with E-state index in [-0.39, 0.29) is 5.95 Å². The SMILES string of the molecule is Nc1ncc(-c2nc(N3CCOCC3)c3cc(CN4CCN(C(=O)O)CC4)sc3n2)cn1. The highest BCUT2D eigenvalue weighted by atomic mass is 32.1. The Labute approximate surface area is 188 Å². The number of hydrogen-bond donors (Lipinski definition) is 2. The lowest BCUT2D eigenvalue weighted by molar-refractivity contribution is 0.103. The maximum atomic E-state index is 11.2. The number of nitrogens with two attached hydrogens (primary N) is 1. The second-order valence-corrected chi connectivity index (χ2v) is 8.89. The number of carboxylic acid groups (broad SMARTS) is 1. The Balaban J connectivity index is 1.46. The third-order valence-corrected chi connectivity index (χ3v) is 6.70. The molecule has 0 radical (unpaired) electrons. The lowest BCUT2D eigenvalue weighted by atomic mass is 10.2. The van der Waals surface area contributed by atoms with Crippen LogP contribution in [0.15, 0.2) is 18.5 Å². The first-order chi connectivity index (χ1) is 15.6. The van der Waals surface area contributed by atoms with Gasteiger partial charge in [-0.05, 0) is 6.07 Å². The minimum atomic E-state index is -0.851. The van der Waals surface area contributed by atoms with E-state index in [1.54, 1.807) is 23.7 Å². The van der Waals surface area contributed by atoms with Crippen LogP contribution in [-0.2, 0) is 11.3 Å². The Bertz CT molecular complexity index is 1110. The van der Waals surface area contributed by atoms with Crippen molar-refractivity contribution in [2.75, 3.05) is 63.1 Å². The minimum absolute atomic E-state index is 0.213. The van der Waals surface area contributed by atoms with Gasteiger partial charge in [-0.1, -0.05) is 0 Å². The molecule has 0 spiro atoms. The van der Waals surface area contributed by atoms with Crippen molar-refractivity contribution in [3.63, 3.8) is 0 Å². The molecule has 5 rings (SSSR count). The summed E-state index contributed by atoms with van der Waals surface area (Å²) >= 11 is 1.64. The molecule has 5 heterocycles. The van der Waals surface area contributed by atoms with E-state index in [1.807, 2.05) is 0 Å².